The molecule has 114 valence electrons. The molecule has 1 aromatic rings. The summed E-state index contributed by atoms with van der Waals surface area (Å²) in [5.41, 5.74) is 1.49. The second-order valence-electron chi connectivity index (χ2n) is 5.04. The summed E-state index contributed by atoms with van der Waals surface area (Å²) in [6.07, 6.45) is 11.5. The Kier molecular flexibility index (Phi) is 11.8. The first-order chi connectivity index (χ1) is 9.61. The molecule has 0 aliphatic rings. The third-order valence-corrected chi connectivity index (χ3v) is 3.04. The third-order valence-electron chi connectivity index (χ3n) is 3.04. The van der Waals surface area contributed by atoms with E-state index in [-0.39, 0.29) is 0 Å². The lowest BCUT2D eigenvalue weighted by Crippen LogP contribution is -2.37. The zero-order chi connectivity index (χ0) is 15.2. The van der Waals surface area contributed by atoms with Crippen LogP contribution in [0.3, 0.4) is 0 Å². The van der Waals surface area contributed by atoms with Crippen LogP contribution in [-0.2, 0) is 17.8 Å². The Morgan fingerprint density at radius 3 is 2.35 bits per heavy atom. The van der Waals surface area contributed by atoms with Crippen molar-refractivity contribution >= 4 is 5.97 Å². The number of rotatable bonds is 8. The smallest absolute Gasteiger partial charge is 0.181 e. The largest absolute Gasteiger partial charge is 0.550 e. The number of unbranched alkanes of at least 4 members (excludes halogenated alkanes) is 4. The van der Waals surface area contributed by atoms with E-state index in [9.17, 15) is 0 Å². The van der Waals surface area contributed by atoms with Gasteiger partial charge in [0.15, 0.2) is 11.9 Å². The number of aromatic nitrogens is 1. The minimum Gasteiger partial charge on any atom is -0.550 e. The van der Waals surface area contributed by atoms with Gasteiger partial charge in [0.2, 0.25) is 0 Å². The molecule has 0 radical (unpaired) electrons. The third kappa shape index (κ3) is 10.5. The topological polar surface area (TPSA) is 44.0 Å². The highest BCUT2D eigenvalue weighted by Crippen LogP contribution is 2.03. The number of hydrogen-bond donors (Lipinski definition) is 0. The van der Waals surface area contributed by atoms with E-state index >= 15 is 0 Å². The molecule has 0 amide bonds. The van der Waals surface area contributed by atoms with Gasteiger partial charge >= 0.3 is 0 Å². The molecule has 1 aromatic heterocycles. The van der Waals surface area contributed by atoms with Crippen molar-refractivity contribution in [3.05, 3.63) is 30.1 Å². The van der Waals surface area contributed by atoms with Crippen molar-refractivity contribution in [1.82, 2.24) is 0 Å². The standard InChI is InChI=1S/C15H26N.C2H4O2/c1-3-5-6-7-9-13-16-14-10-8-12-15(16)11-4-2;1-2(3)4/h8,10,12,14H,3-7,9,11,13H2,1-2H3;1H3,(H,3,4)/q+1;/p-1. The summed E-state index contributed by atoms with van der Waals surface area (Å²) < 4.78 is 2.43. The molecule has 0 aromatic carbocycles. The van der Waals surface area contributed by atoms with Crippen LogP contribution in [0.1, 0.15) is 65.0 Å². The molecule has 0 bridgehead atoms. The Bertz CT molecular complexity index is 360. The van der Waals surface area contributed by atoms with Gasteiger partial charge in [-0.15, -0.1) is 0 Å². The van der Waals surface area contributed by atoms with Gasteiger partial charge in [-0.1, -0.05) is 39.2 Å². The summed E-state index contributed by atoms with van der Waals surface area (Å²) in [6, 6.07) is 6.55. The first-order valence-electron chi connectivity index (χ1n) is 7.76. The fraction of sp³-hybridized carbons (Fsp3) is 0.647. The Morgan fingerprint density at radius 1 is 1.10 bits per heavy atom. The van der Waals surface area contributed by atoms with E-state index in [1.165, 1.54) is 57.2 Å². The van der Waals surface area contributed by atoms with Crippen LogP contribution in [0.4, 0.5) is 0 Å². The summed E-state index contributed by atoms with van der Waals surface area (Å²) in [6.45, 7) is 6.68. The van der Waals surface area contributed by atoms with E-state index < -0.39 is 5.97 Å². The van der Waals surface area contributed by atoms with Crippen molar-refractivity contribution in [2.45, 2.75) is 72.3 Å². The maximum absolute atomic E-state index is 8.89. The predicted octanol–water partition coefficient (Wildman–Crippen LogP) is 2.65. The maximum atomic E-state index is 8.89. The molecule has 0 aliphatic carbocycles. The number of carbonyl (C=O) groups excluding carboxylic acids is 1. The maximum Gasteiger partial charge on any atom is 0.181 e. The summed E-state index contributed by atoms with van der Waals surface area (Å²) in [5.74, 6) is -1.08. The second kappa shape index (κ2) is 12.6. The lowest BCUT2D eigenvalue weighted by molar-refractivity contribution is -0.704. The zero-order valence-corrected chi connectivity index (χ0v) is 13.2. The van der Waals surface area contributed by atoms with Crippen LogP contribution < -0.4 is 9.67 Å². The van der Waals surface area contributed by atoms with E-state index in [1.54, 1.807) is 0 Å². The normalized spacial score (nSPS) is 9.75. The Morgan fingerprint density at radius 2 is 1.75 bits per heavy atom. The van der Waals surface area contributed by atoms with Gasteiger partial charge in [0.25, 0.3) is 0 Å². The van der Waals surface area contributed by atoms with Crippen molar-refractivity contribution in [2.24, 2.45) is 0 Å². The minimum absolute atomic E-state index is 0.972. The number of aryl methyl sites for hydroxylation is 2. The van der Waals surface area contributed by atoms with Gasteiger partial charge in [-0.25, -0.2) is 4.57 Å². The number of carbonyl (C=O) groups is 1. The van der Waals surface area contributed by atoms with Crippen LogP contribution >= 0.6 is 0 Å². The van der Waals surface area contributed by atoms with E-state index in [2.05, 4.69) is 42.8 Å². The molecule has 0 saturated carbocycles. The average Bonchev–Trinajstić information content (AvgIpc) is 2.40. The van der Waals surface area contributed by atoms with Gasteiger partial charge in [-0.05, 0) is 19.8 Å². The number of pyridine rings is 1. The molecule has 0 aliphatic heterocycles. The van der Waals surface area contributed by atoms with Crippen LogP contribution in [0, 0.1) is 0 Å². The molecular formula is C17H29NO2. The van der Waals surface area contributed by atoms with Crippen LogP contribution in [0.2, 0.25) is 0 Å². The van der Waals surface area contributed by atoms with Crippen LogP contribution in [-0.4, -0.2) is 5.97 Å². The van der Waals surface area contributed by atoms with Gasteiger partial charge in [0, 0.05) is 30.9 Å². The van der Waals surface area contributed by atoms with Gasteiger partial charge in [0.05, 0.1) is 0 Å². The van der Waals surface area contributed by atoms with Gasteiger partial charge in [0.1, 0.15) is 6.54 Å². The molecule has 0 unspecified atom stereocenters. The van der Waals surface area contributed by atoms with Crippen molar-refractivity contribution in [2.75, 3.05) is 0 Å². The molecule has 0 N–H and O–H groups in total. The average molecular weight is 279 g/mol. The van der Waals surface area contributed by atoms with Gasteiger partial charge in [-0.2, -0.15) is 0 Å². The summed E-state index contributed by atoms with van der Waals surface area (Å²) >= 11 is 0. The number of hydrogen-bond acceptors (Lipinski definition) is 2. The first kappa shape index (κ1) is 18.6. The Balaban J connectivity index is 0.000000796. The quantitative estimate of drug-likeness (QED) is 0.542. The van der Waals surface area contributed by atoms with Crippen molar-refractivity contribution in [3.8, 4) is 0 Å². The van der Waals surface area contributed by atoms with Crippen LogP contribution in [0.5, 0.6) is 0 Å². The van der Waals surface area contributed by atoms with Crippen LogP contribution in [0.25, 0.3) is 0 Å². The molecule has 3 heteroatoms. The predicted molar refractivity (Wildman–Crippen MR) is 80.1 cm³/mol. The monoisotopic (exact) mass is 279 g/mol. The summed E-state index contributed by atoms with van der Waals surface area (Å²) in [4.78, 5) is 8.89. The molecule has 0 spiro atoms. The number of carboxylic acid groups (broad SMARTS) is 1. The van der Waals surface area contributed by atoms with E-state index in [1.807, 2.05) is 0 Å². The van der Waals surface area contributed by atoms with E-state index in [0.29, 0.717) is 0 Å². The van der Waals surface area contributed by atoms with E-state index in [0.717, 1.165) is 6.92 Å². The van der Waals surface area contributed by atoms with Crippen LogP contribution in [0.15, 0.2) is 24.4 Å². The van der Waals surface area contributed by atoms with Crippen molar-refractivity contribution < 1.29 is 14.5 Å². The highest BCUT2D eigenvalue weighted by atomic mass is 16.4. The first-order valence-corrected chi connectivity index (χ1v) is 7.76. The fourth-order valence-corrected chi connectivity index (χ4v) is 2.10. The molecule has 1 heterocycles. The van der Waals surface area contributed by atoms with Crippen molar-refractivity contribution in [3.63, 3.8) is 0 Å². The highest BCUT2D eigenvalue weighted by Gasteiger charge is 2.07. The molecular weight excluding hydrogens is 250 g/mol. The SMILES string of the molecule is CC(=O)[O-].CCCCCCC[n+]1ccccc1CCC. The molecule has 3 nitrogen and oxygen atoms in total. The molecule has 1 rings (SSSR count). The zero-order valence-electron chi connectivity index (χ0n) is 13.2. The molecule has 20 heavy (non-hydrogen) atoms. The lowest BCUT2D eigenvalue weighted by Gasteiger charge is -2.02. The number of nitrogens with zero attached hydrogens (tertiary/aromatic N) is 1. The van der Waals surface area contributed by atoms with E-state index in [4.69, 9.17) is 9.90 Å². The summed E-state index contributed by atoms with van der Waals surface area (Å²) in [7, 11) is 0. The fourth-order valence-electron chi connectivity index (χ4n) is 2.10. The molecule has 0 fully saturated rings. The van der Waals surface area contributed by atoms with Crippen molar-refractivity contribution in [1.29, 1.82) is 0 Å². The molecule has 0 atom stereocenters. The molecule has 0 saturated heterocycles. The number of aliphatic carboxylic acids is 1. The minimum atomic E-state index is -1.08. The summed E-state index contributed by atoms with van der Waals surface area (Å²) in [5, 5.41) is 8.89. The number of carboxylic acids is 1. The Labute approximate surface area is 123 Å². The Hall–Kier alpha value is -1.38. The van der Waals surface area contributed by atoms with Gasteiger partial charge in [-0.3, -0.25) is 0 Å². The second-order valence-corrected chi connectivity index (χ2v) is 5.04. The lowest BCUT2D eigenvalue weighted by atomic mass is 10.1. The highest BCUT2D eigenvalue weighted by molar-refractivity contribution is 5.60. The van der Waals surface area contributed by atoms with Gasteiger partial charge < -0.3 is 9.90 Å².